The number of rotatable bonds is 5. The molecule has 0 aliphatic heterocycles. The van der Waals surface area contributed by atoms with Gasteiger partial charge in [-0.3, -0.25) is 14.2 Å². The molecule has 0 aromatic carbocycles. The Labute approximate surface area is 129 Å². The molecule has 0 radical (unpaired) electrons. The van der Waals surface area contributed by atoms with Crippen molar-refractivity contribution >= 4 is 11.6 Å². The summed E-state index contributed by atoms with van der Waals surface area (Å²) in [6.07, 6.45) is 7.06. The van der Waals surface area contributed by atoms with Crippen LogP contribution in [0.5, 0.6) is 0 Å². The molecule has 0 aliphatic carbocycles. The van der Waals surface area contributed by atoms with E-state index < -0.39 is 0 Å². The van der Waals surface area contributed by atoms with E-state index in [1.807, 2.05) is 40.9 Å². The monoisotopic (exact) mass is 294 g/mol. The van der Waals surface area contributed by atoms with Crippen molar-refractivity contribution in [3.05, 3.63) is 65.9 Å². The summed E-state index contributed by atoms with van der Waals surface area (Å²) < 4.78 is 1.85. The van der Waals surface area contributed by atoms with Crippen LogP contribution in [0.15, 0.2) is 48.9 Å². The lowest BCUT2D eigenvalue weighted by Gasteiger charge is -2.07. The fourth-order valence-corrected chi connectivity index (χ4v) is 2.46. The van der Waals surface area contributed by atoms with Crippen LogP contribution >= 0.6 is 0 Å². The summed E-state index contributed by atoms with van der Waals surface area (Å²) in [4.78, 5) is 21.1. The topological polar surface area (TPSA) is 59.3 Å². The van der Waals surface area contributed by atoms with Crippen molar-refractivity contribution in [2.45, 2.75) is 26.3 Å². The Hall–Kier alpha value is -2.69. The second-order valence-corrected chi connectivity index (χ2v) is 5.12. The highest BCUT2D eigenvalue weighted by Crippen LogP contribution is 2.14. The van der Waals surface area contributed by atoms with E-state index in [1.165, 1.54) is 0 Å². The number of carbonyl (C=O) groups excluding carboxylic acids is 1. The average Bonchev–Trinajstić information content (AvgIpc) is 2.92. The molecule has 0 aliphatic rings. The number of fused-ring (bicyclic) bond motifs is 1. The molecule has 1 amide bonds. The average molecular weight is 294 g/mol. The number of imidazole rings is 1. The van der Waals surface area contributed by atoms with Crippen molar-refractivity contribution in [2.24, 2.45) is 0 Å². The lowest BCUT2D eigenvalue weighted by molar-refractivity contribution is 0.0944. The Morgan fingerprint density at radius 2 is 2.05 bits per heavy atom. The van der Waals surface area contributed by atoms with E-state index in [0.717, 1.165) is 29.7 Å². The van der Waals surface area contributed by atoms with Gasteiger partial charge in [0.1, 0.15) is 11.3 Å². The molecule has 0 atom stereocenters. The zero-order chi connectivity index (χ0) is 15.4. The Morgan fingerprint density at radius 1 is 1.23 bits per heavy atom. The number of nitrogens with one attached hydrogen (secondary N) is 1. The van der Waals surface area contributed by atoms with E-state index in [1.54, 1.807) is 12.4 Å². The van der Waals surface area contributed by atoms with Crippen molar-refractivity contribution in [1.29, 1.82) is 0 Å². The second kappa shape index (κ2) is 6.39. The van der Waals surface area contributed by atoms with Gasteiger partial charge in [0.05, 0.1) is 5.69 Å². The quantitative estimate of drug-likeness (QED) is 0.787. The van der Waals surface area contributed by atoms with Crippen LogP contribution < -0.4 is 5.32 Å². The molecule has 5 heteroatoms. The number of aryl methyl sites for hydroxylation is 1. The molecule has 0 bridgehead atoms. The van der Waals surface area contributed by atoms with Gasteiger partial charge in [0.15, 0.2) is 0 Å². The molecule has 112 valence electrons. The predicted octanol–water partition coefficient (Wildman–Crippen LogP) is 2.61. The molecule has 0 spiro atoms. The van der Waals surface area contributed by atoms with Gasteiger partial charge in [-0.25, -0.2) is 4.98 Å². The number of aromatic nitrogens is 3. The van der Waals surface area contributed by atoms with Crippen LogP contribution in [0.3, 0.4) is 0 Å². The molecule has 3 heterocycles. The lowest BCUT2D eigenvalue weighted by atomic mass is 10.2. The van der Waals surface area contributed by atoms with Crippen LogP contribution in [0.1, 0.15) is 35.1 Å². The first-order valence-corrected chi connectivity index (χ1v) is 7.42. The van der Waals surface area contributed by atoms with Crippen molar-refractivity contribution in [2.75, 3.05) is 0 Å². The first-order valence-electron chi connectivity index (χ1n) is 7.42. The first-order chi connectivity index (χ1) is 10.8. The van der Waals surface area contributed by atoms with Crippen LogP contribution in [-0.2, 0) is 13.0 Å². The van der Waals surface area contributed by atoms with Gasteiger partial charge in [-0.05, 0) is 36.2 Å². The normalized spacial score (nSPS) is 10.8. The zero-order valence-electron chi connectivity index (χ0n) is 12.5. The number of pyridine rings is 2. The van der Waals surface area contributed by atoms with Crippen molar-refractivity contribution in [3.8, 4) is 0 Å². The molecular formula is C17H18N4O. The van der Waals surface area contributed by atoms with Crippen LogP contribution in [-0.4, -0.2) is 20.3 Å². The second-order valence-electron chi connectivity index (χ2n) is 5.12. The van der Waals surface area contributed by atoms with Gasteiger partial charge in [-0.2, -0.15) is 0 Å². The number of hydrogen-bond acceptors (Lipinski definition) is 3. The zero-order valence-corrected chi connectivity index (χ0v) is 12.5. The first kappa shape index (κ1) is 14.3. The van der Waals surface area contributed by atoms with Gasteiger partial charge in [-0.15, -0.1) is 0 Å². The maximum Gasteiger partial charge on any atom is 0.270 e. The van der Waals surface area contributed by atoms with Crippen LogP contribution in [0.25, 0.3) is 5.65 Å². The smallest absolute Gasteiger partial charge is 0.270 e. The van der Waals surface area contributed by atoms with Crippen LogP contribution in [0.2, 0.25) is 0 Å². The van der Waals surface area contributed by atoms with Crippen LogP contribution in [0.4, 0.5) is 0 Å². The summed E-state index contributed by atoms with van der Waals surface area (Å²) in [7, 11) is 0. The van der Waals surface area contributed by atoms with E-state index in [2.05, 4.69) is 22.2 Å². The molecule has 0 saturated heterocycles. The SMILES string of the molecule is CCCc1nc2ccccn2c1C(=O)NCc1ccncc1. The molecule has 3 aromatic heterocycles. The largest absolute Gasteiger partial charge is 0.347 e. The molecule has 5 nitrogen and oxygen atoms in total. The van der Waals surface area contributed by atoms with Crippen LogP contribution in [0, 0.1) is 0 Å². The minimum absolute atomic E-state index is 0.0982. The third-order valence-electron chi connectivity index (χ3n) is 3.51. The number of nitrogens with zero attached hydrogens (tertiary/aromatic N) is 3. The Bertz CT molecular complexity index is 780. The van der Waals surface area contributed by atoms with E-state index >= 15 is 0 Å². The summed E-state index contributed by atoms with van der Waals surface area (Å²) in [6.45, 7) is 2.57. The van der Waals surface area contributed by atoms with Gasteiger partial charge >= 0.3 is 0 Å². The van der Waals surface area contributed by atoms with Crippen molar-refractivity contribution in [1.82, 2.24) is 19.7 Å². The standard InChI is InChI=1S/C17H18N4O/c1-2-5-14-16(21-11-4-3-6-15(21)20-14)17(22)19-12-13-7-9-18-10-8-13/h3-4,6-11H,2,5,12H2,1H3,(H,19,22). The minimum atomic E-state index is -0.0982. The summed E-state index contributed by atoms with van der Waals surface area (Å²) in [5.74, 6) is -0.0982. The summed E-state index contributed by atoms with van der Waals surface area (Å²) >= 11 is 0. The number of carbonyl (C=O) groups is 1. The number of amides is 1. The molecule has 1 N–H and O–H groups in total. The molecule has 3 aromatic rings. The van der Waals surface area contributed by atoms with Crippen molar-refractivity contribution < 1.29 is 4.79 Å². The van der Waals surface area contributed by atoms with Gasteiger partial charge in [0.2, 0.25) is 0 Å². The maximum atomic E-state index is 12.6. The molecule has 0 fully saturated rings. The third kappa shape index (κ3) is 2.83. The molecule has 22 heavy (non-hydrogen) atoms. The fraction of sp³-hybridized carbons (Fsp3) is 0.235. The molecular weight excluding hydrogens is 276 g/mol. The van der Waals surface area contributed by atoms with Gasteiger partial charge in [0.25, 0.3) is 5.91 Å². The fourth-order valence-electron chi connectivity index (χ4n) is 2.46. The molecule has 3 rings (SSSR count). The van der Waals surface area contributed by atoms with Crippen molar-refractivity contribution in [3.63, 3.8) is 0 Å². The summed E-state index contributed by atoms with van der Waals surface area (Å²) in [6, 6.07) is 9.53. The molecule has 0 unspecified atom stereocenters. The molecule has 0 saturated carbocycles. The van der Waals surface area contributed by atoms with E-state index in [0.29, 0.717) is 12.2 Å². The highest BCUT2D eigenvalue weighted by atomic mass is 16.1. The predicted molar refractivity (Wildman–Crippen MR) is 84.6 cm³/mol. The van der Waals surface area contributed by atoms with E-state index in [9.17, 15) is 4.79 Å². The maximum absolute atomic E-state index is 12.6. The van der Waals surface area contributed by atoms with E-state index in [-0.39, 0.29) is 5.91 Å². The number of hydrogen-bond donors (Lipinski definition) is 1. The Kier molecular flexibility index (Phi) is 4.14. The summed E-state index contributed by atoms with van der Waals surface area (Å²) in [5.41, 5.74) is 3.31. The van der Waals surface area contributed by atoms with Gasteiger partial charge in [0, 0.05) is 25.1 Å². The Balaban J connectivity index is 1.87. The van der Waals surface area contributed by atoms with Gasteiger partial charge < -0.3 is 5.32 Å². The minimum Gasteiger partial charge on any atom is -0.347 e. The third-order valence-corrected chi connectivity index (χ3v) is 3.51. The lowest BCUT2D eigenvalue weighted by Crippen LogP contribution is -2.25. The van der Waals surface area contributed by atoms with Gasteiger partial charge in [-0.1, -0.05) is 19.4 Å². The Morgan fingerprint density at radius 3 is 2.82 bits per heavy atom. The highest BCUT2D eigenvalue weighted by Gasteiger charge is 2.18. The van der Waals surface area contributed by atoms with E-state index in [4.69, 9.17) is 0 Å². The highest BCUT2D eigenvalue weighted by molar-refractivity contribution is 5.94. The summed E-state index contributed by atoms with van der Waals surface area (Å²) in [5, 5.41) is 2.96.